The molecule has 1 aromatic rings. The molecule has 1 fully saturated rings. The van der Waals surface area contributed by atoms with Gasteiger partial charge < -0.3 is 5.32 Å². The van der Waals surface area contributed by atoms with Gasteiger partial charge in [0.05, 0.1) is 11.2 Å². The average Bonchev–Trinajstić information content (AvgIpc) is 2.77. The number of aromatic nitrogens is 1. The second-order valence-electron chi connectivity index (χ2n) is 3.92. The van der Waals surface area contributed by atoms with E-state index in [4.69, 9.17) is 0 Å². The topological polar surface area (TPSA) is 24.9 Å². The van der Waals surface area contributed by atoms with E-state index in [1.807, 2.05) is 17.3 Å². The van der Waals surface area contributed by atoms with E-state index in [0.29, 0.717) is 12.1 Å². The SMILES string of the molecule is CC(NC1CSCC1C)c1cscn1. The molecule has 1 aliphatic rings. The highest BCUT2D eigenvalue weighted by Gasteiger charge is 2.25. The molecule has 0 spiro atoms. The summed E-state index contributed by atoms with van der Waals surface area (Å²) in [6, 6.07) is 1.06. The molecule has 3 unspecified atom stereocenters. The predicted octanol–water partition coefficient (Wildman–Crippen LogP) is 2.55. The Balaban J connectivity index is 1.91. The van der Waals surface area contributed by atoms with Crippen LogP contribution < -0.4 is 5.32 Å². The summed E-state index contributed by atoms with van der Waals surface area (Å²) >= 11 is 3.72. The van der Waals surface area contributed by atoms with Crippen molar-refractivity contribution in [1.29, 1.82) is 0 Å². The van der Waals surface area contributed by atoms with Gasteiger partial charge >= 0.3 is 0 Å². The number of nitrogens with one attached hydrogen (secondary N) is 1. The van der Waals surface area contributed by atoms with Gasteiger partial charge in [0.1, 0.15) is 0 Å². The maximum absolute atomic E-state index is 4.33. The zero-order chi connectivity index (χ0) is 9.97. The summed E-state index contributed by atoms with van der Waals surface area (Å²) in [7, 11) is 0. The minimum Gasteiger partial charge on any atom is -0.305 e. The van der Waals surface area contributed by atoms with E-state index < -0.39 is 0 Å². The molecule has 14 heavy (non-hydrogen) atoms. The standard InChI is InChI=1S/C10H16N2S2/c1-7-3-13-4-9(7)12-8(2)10-5-14-6-11-10/h5-9,12H,3-4H2,1-2H3. The number of rotatable bonds is 3. The molecule has 1 saturated heterocycles. The monoisotopic (exact) mass is 228 g/mol. The lowest BCUT2D eigenvalue weighted by Gasteiger charge is -2.20. The van der Waals surface area contributed by atoms with Crippen molar-refractivity contribution < 1.29 is 0 Å². The lowest BCUT2D eigenvalue weighted by atomic mass is 10.1. The van der Waals surface area contributed by atoms with E-state index in [2.05, 4.69) is 29.5 Å². The molecule has 78 valence electrons. The molecule has 0 aliphatic carbocycles. The molecular weight excluding hydrogens is 212 g/mol. The fourth-order valence-electron chi connectivity index (χ4n) is 1.72. The molecule has 0 radical (unpaired) electrons. The van der Waals surface area contributed by atoms with Crippen molar-refractivity contribution in [2.24, 2.45) is 5.92 Å². The van der Waals surface area contributed by atoms with Crippen LogP contribution in [-0.2, 0) is 0 Å². The van der Waals surface area contributed by atoms with Crippen molar-refractivity contribution in [3.63, 3.8) is 0 Å². The van der Waals surface area contributed by atoms with Crippen molar-refractivity contribution >= 4 is 23.1 Å². The first-order valence-corrected chi connectivity index (χ1v) is 7.09. The van der Waals surface area contributed by atoms with Gasteiger partial charge in [-0.1, -0.05) is 6.92 Å². The summed E-state index contributed by atoms with van der Waals surface area (Å²) in [6.45, 7) is 4.52. The molecule has 0 amide bonds. The highest BCUT2D eigenvalue weighted by Crippen LogP contribution is 2.25. The van der Waals surface area contributed by atoms with Gasteiger partial charge in [0, 0.05) is 23.2 Å². The Hall–Kier alpha value is -0.0600. The molecule has 0 aromatic carbocycles. The molecule has 2 nitrogen and oxygen atoms in total. The van der Waals surface area contributed by atoms with Crippen molar-refractivity contribution in [1.82, 2.24) is 10.3 Å². The number of hydrogen-bond acceptors (Lipinski definition) is 4. The van der Waals surface area contributed by atoms with Crippen LogP contribution >= 0.6 is 23.1 Å². The summed E-state index contributed by atoms with van der Waals surface area (Å²) in [4.78, 5) is 4.33. The van der Waals surface area contributed by atoms with Gasteiger partial charge in [-0.05, 0) is 18.6 Å². The van der Waals surface area contributed by atoms with Crippen LogP contribution in [-0.4, -0.2) is 22.5 Å². The maximum atomic E-state index is 4.33. The minimum absolute atomic E-state index is 0.396. The lowest BCUT2D eigenvalue weighted by molar-refractivity contribution is 0.407. The number of thiazole rings is 1. The van der Waals surface area contributed by atoms with Gasteiger partial charge in [-0.2, -0.15) is 11.8 Å². The van der Waals surface area contributed by atoms with Crippen molar-refractivity contribution in [3.05, 3.63) is 16.6 Å². The van der Waals surface area contributed by atoms with Crippen LogP contribution in [0.1, 0.15) is 25.6 Å². The molecule has 4 heteroatoms. The molecule has 1 aliphatic heterocycles. The van der Waals surface area contributed by atoms with E-state index in [0.717, 1.165) is 5.92 Å². The van der Waals surface area contributed by atoms with Crippen molar-refractivity contribution in [2.75, 3.05) is 11.5 Å². The van der Waals surface area contributed by atoms with Crippen molar-refractivity contribution in [3.8, 4) is 0 Å². The zero-order valence-corrected chi connectivity index (χ0v) is 10.2. The summed E-state index contributed by atoms with van der Waals surface area (Å²) in [5.74, 6) is 3.33. The smallest absolute Gasteiger partial charge is 0.0795 e. The molecule has 2 rings (SSSR count). The van der Waals surface area contributed by atoms with Crippen LogP contribution in [0.5, 0.6) is 0 Å². The van der Waals surface area contributed by atoms with Gasteiger partial charge in [0.25, 0.3) is 0 Å². The molecule has 0 bridgehead atoms. The van der Waals surface area contributed by atoms with E-state index in [1.54, 1.807) is 11.3 Å². The lowest BCUT2D eigenvalue weighted by Crippen LogP contribution is -2.36. The Morgan fingerprint density at radius 2 is 2.43 bits per heavy atom. The zero-order valence-electron chi connectivity index (χ0n) is 8.56. The first kappa shape index (κ1) is 10.5. The summed E-state index contributed by atoms with van der Waals surface area (Å²) < 4.78 is 0. The third-order valence-electron chi connectivity index (χ3n) is 2.72. The molecule has 0 saturated carbocycles. The van der Waals surface area contributed by atoms with E-state index >= 15 is 0 Å². The fourth-order valence-corrected chi connectivity index (χ4v) is 3.78. The highest BCUT2D eigenvalue weighted by atomic mass is 32.2. The number of nitrogens with zero attached hydrogens (tertiary/aromatic N) is 1. The second kappa shape index (κ2) is 4.64. The van der Waals surface area contributed by atoms with Crippen LogP contribution in [0.15, 0.2) is 10.9 Å². The van der Waals surface area contributed by atoms with Crippen LogP contribution in [0.25, 0.3) is 0 Å². The van der Waals surface area contributed by atoms with Crippen LogP contribution in [0, 0.1) is 5.92 Å². The summed E-state index contributed by atoms with van der Waals surface area (Å²) in [6.07, 6.45) is 0. The second-order valence-corrected chi connectivity index (χ2v) is 5.72. The first-order chi connectivity index (χ1) is 6.77. The van der Waals surface area contributed by atoms with Gasteiger partial charge in [-0.15, -0.1) is 11.3 Å². The van der Waals surface area contributed by atoms with Gasteiger partial charge in [0.2, 0.25) is 0 Å². The quantitative estimate of drug-likeness (QED) is 0.860. The van der Waals surface area contributed by atoms with Crippen molar-refractivity contribution in [2.45, 2.75) is 25.9 Å². The molecule has 1 N–H and O–H groups in total. The van der Waals surface area contributed by atoms with Gasteiger partial charge in [0.15, 0.2) is 0 Å². The third-order valence-corrected chi connectivity index (χ3v) is 4.69. The maximum Gasteiger partial charge on any atom is 0.0795 e. The van der Waals surface area contributed by atoms with Crippen LogP contribution in [0.3, 0.4) is 0 Å². The Kier molecular flexibility index (Phi) is 3.47. The Bertz CT molecular complexity index is 274. The summed E-state index contributed by atoms with van der Waals surface area (Å²) in [5.41, 5.74) is 3.08. The van der Waals surface area contributed by atoms with Gasteiger partial charge in [-0.25, -0.2) is 4.98 Å². The molecular formula is C10H16N2S2. The first-order valence-electron chi connectivity index (χ1n) is 4.99. The highest BCUT2D eigenvalue weighted by molar-refractivity contribution is 7.99. The molecule has 3 atom stereocenters. The third kappa shape index (κ3) is 2.30. The largest absolute Gasteiger partial charge is 0.305 e. The number of hydrogen-bond donors (Lipinski definition) is 1. The van der Waals surface area contributed by atoms with Gasteiger partial charge in [-0.3, -0.25) is 0 Å². The Labute approximate surface area is 93.5 Å². The predicted molar refractivity (Wildman–Crippen MR) is 63.9 cm³/mol. The van der Waals surface area contributed by atoms with E-state index in [-0.39, 0.29) is 0 Å². The van der Waals surface area contributed by atoms with E-state index in [1.165, 1.54) is 17.2 Å². The fraction of sp³-hybridized carbons (Fsp3) is 0.700. The van der Waals surface area contributed by atoms with Crippen LogP contribution in [0.4, 0.5) is 0 Å². The van der Waals surface area contributed by atoms with Crippen LogP contribution in [0.2, 0.25) is 0 Å². The summed E-state index contributed by atoms with van der Waals surface area (Å²) in [5, 5.41) is 5.78. The number of thioether (sulfide) groups is 1. The average molecular weight is 228 g/mol. The molecule has 2 heterocycles. The van der Waals surface area contributed by atoms with E-state index in [9.17, 15) is 0 Å². The Morgan fingerprint density at radius 3 is 3.00 bits per heavy atom. The minimum atomic E-state index is 0.396. The molecule has 1 aromatic heterocycles. The Morgan fingerprint density at radius 1 is 1.57 bits per heavy atom. The normalized spacial score (nSPS) is 29.3.